The maximum absolute atomic E-state index is 2.43. The summed E-state index contributed by atoms with van der Waals surface area (Å²) in [4.78, 5) is 0. The van der Waals surface area contributed by atoms with Crippen LogP contribution in [-0.4, -0.2) is 0 Å². The highest BCUT2D eigenvalue weighted by atomic mass is 14.3. The third-order valence-corrected chi connectivity index (χ3v) is 4.30. The summed E-state index contributed by atoms with van der Waals surface area (Å²) in [6, 6.07) is 7.04. The highest BCUT2D eigenvalue weighted by molar-refractivity contribution is 5.38. The molecular formula is C17H28. The number of hydrogen-bond acceptors (Lipinski definition) is 0. The molecule has 0 saturated carbocycles. The molecule has 0 amide bonds. The van der Waals surface area contributed by atoms with Gasteiger partial charge in [0.2, 0.25) is 0 Å². The molecule has 0 aliphatic carbocycles. The monoisotopic (exact) mass is 232 g/mol. The highest BCUT2D eigenvalue weighted by Gasteiger charge is 2.25. The molecule has 0 nitrogen and oxygen atoms in total. The molecule has 0 aliphatic rings. The second-order valence-electron chi connectivity index (χ2n) is 6.55. The summed E-state index contributed by atoms with van der Waals surface area (Å²) in [5.74, 6) is 0. The summed E-state index contributed by atoms with van der Waals surface area (Å²) < 4.78 is 0. The fourth-order valence-electron chi connectivity index (χ4n) is 2.46. The molecule has 0 aromatic heterocycles. The summed E-state index contributed by atoms with van der Waals surface area (Å²) in [6.07, 6.45) is 2.41. The Bertz CT molecular complexity index is 376. The number of rotatable bonds is 3. The minimum absolute atomic E-state index is 0.239. The van der Waals surface area contributed by atoms with Gasteiger partial charge in [-0.15, -0.1) is 0 Å². The quantitative estimate of drug-likeness (QED) is 0.657. The maximum Gasteiger partial charge on any atom is -0.00804 e. The van der Waals surface area contributed by atoms with E-state index in [0.29, 0.717) is 5.41 Å². The van der Waals surface area contributed by atoms with Gasteiger partial charge in [0.05, 0.1) is 0 Å². The molecule has 0 heteroatoms. The minimum Gasteiger partial charge on any atom is -0.0645 e. The fourth-order valence-corrected chi connectivity index (χ4v) is 2.46. The van der Waals surface area contributed by atoms with Crippen molar-refractivity contribution in [2.45, 2.75) is 72.1 Å². The zero-order valence-electron chi connectivity index (χ0n) is 12.6. The number of hydrogen-bond donors (Lipinski definition) is 0. The molecule has 0 N–H and O–H groups in total. The zero-order valence-corrected chi connectivity index (χ0v) is 12.6. The standard InChI is InChI=1S/C17H28/c1-8-17(7,9-2)14-11-10-13(3)15(12-14)16(4,5)6/h10-12H,8-9H2,1-7H3. The topological polar surface area (TPSA) is 0 Å². The first-order valence-electron chi connectivity index (χ1n) is 6.86. The van der Waals surface area contributed by atoms with Crippen molar-refractivity contribution < 1.29 is 0 Å². The first kappa shape index (κ1) is 14.3. The molecule has 0 bridgehead atoms. The van der Waals surface area contributed by atoms with Gasteiger partial charge in [0.25, 0.3) is 0 Å². The second kappa shape index (κ2) is 4.84. The molecule has 1 rings (SSSR count). The van der Waals surface area contributed by atoms with Crippen molar-refractivity contribution >= 4 is 0 Å². The average Bonchev–Trinajstić information content (AvgIpc) is 2.27. The fraction of sp³-hybridized carbons (Fsp3) is 0.647. The SMILES string of the molecule is CCC(C)(CC)c1ccc(C)c(C(C)(C)C)c1. The van der Waals surface area contributed by atoms with Crippen LogP contribution in [-0.2, 0) is 10.8 Å². The van der Waals surface area contributed by atoms with Crippen LogP contribution >= 0.6 is 0 Å². The molecule has 0 aliphatic heterocycles. The number of aryl methyl sites for hydroxylation is 1. The molecular weight excluding hydrogens is 204 g/mol. The molecule has 96 valence electrons. The van der Waals surface area contributed by atoms with Gasteiger partial charge in [-0.1, -0.05) is 59.7 Å². The van der Waals surface area contributed by atoms with E-state index in [9.17, 15) is 0 Å². The predicted molar refractivity (Wildman–Crippen MR) is 77.8 cm³/mol. The largest absolute Gasteiger partial charge is 0.0645 e. The van der Waals surface area contributed by atoms with Crippen LogP contribution in [0, 0.1) is 6.92 Å². The van der Waals surface area contributed by atoms with Gasteiger partial charge in [-0.05, 0) is 47.3 Å². The third kappa shape index (κ3) is 2.91. The number of benzene rings is 1. The maximum atomic E-state index is 2.43. The molecule has 17 heavy (non-hydrogen) atoms. The molecule has 0 fully saturated rings. The van der Waals surface area contributed by atoms with E-state index in [2.05, 4.69) is 66.7 Å². The van der Waals surface area contributed by atoms with Gasteiger partial charge in [-0.3, -0.25) is 0 Å². The molecule has 0 unspecified atom stereocenters. The Morgan fingerprint density at radius 1 is 0.941 bits per heavy atom. The van der Waals surface area contributed by atoms with Gasteiger partial charge in [0, 0.05) is 0 Å². The lowest BCUT2D eigenvalue weighted by atomic mass is 9.74. The van der Waals surface area contributed by atoms with Crippen LogP contribution in [0.4, 0.5) is 0 Å². The van der Waals surface area contributed by atoms with E-state index >= 15 is 0 Å². The molecule has 0 atom stereocenters. The average molecular weight is 232 g/mol. The molecule has 0 saturated heterocycles. The van der Waals surface area contributed by atoms with Gasteiger partial charge >= 0.3 is 0 Å². The Balaban J connectivity index is 3.31. The van der Waals surface area contributed by atoms with Gasteiger partial charge in [0.1, 0.15) is 0 Å². The van der Waals surface area contributed by atoms with Crippen molar-refractivity contribution in [1.82, 2.24) is 0 Å². The van der Waals surface area contributed by atoms with E-state index in [1.54, 1.807) is 0 Å². The molecule has 0 radical (unpaired) electrons. The lowest BCUT2D eigenvalue weighted by Gasteiger charge is -2.30. The van der Waals surface area contributed by atoms with Crippen LogP contribution in [0.2, 0.25) is 0 Å². The third-order valence-electron chi connectivity index (χ3n) is 4.30. The van der Waals surface area contributed by atoms with Crippen molar-refractivity contribution in [2.75, 3.05) is 0 Å². The van der Waals surface area contributed by atoms with Gasteiger partial charge in [-0.25, -0.2) is 0 Å². The highest BCUT2D eigenvalue weighted by Crippen LogP contribution is 2.35. The van der Waals surface area contributed by atoms with Crippen molar-refractivity contribution in [1.29, 1.82) is 0 Å². The Kier molecular flexibility index (Phi) is 4.06. The van der Waals surface area contributed by atoms with Crippen LogP contribution in [0.15, 0.2) is 18.2 Å². The Morgan fingerprint density at radius 2 is 1.47 bits per heavy atom. The Hall–Kier alpha value is -0.780. The molecule has 0 spiro atoms. The Morgan fingerprint density at radius 3 is 1.88 bits per heavy atom. The van der Waals surface area contributed by atoms with Crippen LogP contribution in [0.25, 0.3) is 0 Å². The molecule has 1 aromatic rings. The van der Waals surface area contributed by atoms with Crippen LogP contribution in [0.1, 0.15) is 71.1 Å². The predicted octanol–water partition coefficient (Wildman–Crippen LogP) is 5.37. The van der Waals surface area contributed by atoms with Gasteiger partial charge in [0.15, 0.2) is 0 Å². The lowest BCUT2D eigenvalue weighted by Crippen LogP contribution is -2.21. The second-order valence-corrected chi connectivity index (χ2v) is 6.55. The molecule has 0 heterocycles. The van der Waals surface area contributed by atoms with E-state index < -0.39 is 0 Å². The van der Waals surface area contributed by atoms with Crippen LogP contribution in [0.3, 0.4) is 0 Å². The van der Waals surface area contributed by atoms with Gasteiger partial charge in [-0.2, -0.15) is 0 Å². The Labute approximate surface area is 107 Å². The van der Waals surface area contributed by atoms with Crippen LogP contribution in [0.5, 0.6) is 0 Å². The molecule has 1 aromatic carbocycles. The summed E-state index contributed by atoms with van der Waals surface area (Å²) in [6.45, 7) is 16.1. The van der Waals surface area contributed by atoms with Crippen molar-refractivity contribution in [3.8, 4) is 0 Å². The summed E-state index contributed by atoms with van der Waals surface area (Å²) in [5.41, 5.74) is 4.97. The van der Waals surface area contributed by atoms with E-state index in [0.717, 1.165) is 0 Å². The summed E-state index contributed by atoms with van der Waals surface area (Å²) >= 11 is 0. The lowest BCUT2D eigenvalue weighted by molar-refractivity contribution is 0.437. The minimum atomic E-state index is 0.239. The first-order valence-corrected chi connectivity index (χ1v) is 6.86. The summed E-state index contributed by atoms with van der Waals surface area (Å²) in [5, 5.41) is 0. The van der Waals surface area contributed by atoms with Crippen molar-refractivity contribution in [3.05, 3.63) is 34.9 Å². The smallest absolute Gasteiger partial charge is 0.00804 e. The van der Waals surface area contributed by atoms with E-state index in [4.69, 9.17) is 0 Å². The summed E-state index contributed by atoms with van der Waals surface area (Å²) in [7, 11) is 0. The zero-order chi connectivity index (χ0) is 13.3. The van der Waals surface area contributed by atoms with Gasteiger partial charge < -0.3 is 0 Å². The van der Waals surface area contributed by atoms with Crippen LogP contribution < -0.4 is 0 Å². The van der Waals surface area contributed by atoms with E-state index in [1.807, 2.05) is 0 Å². The van der Waals surface area contributed by atoms with E-state index in [-0.39, 0.29) is 5.41 Å². The normalized spacial score (nSPS) is 12.9. The van der Waals surface area contributed by atoms with E-state index in [1.165, 1.54) is 29.5 Å². The van der Waals surface area contributed by atoms with Crippen molar-refractivity contribution in [3.63, 3.8) is 0 Å². The van der Waals surface area contributed by atoms with Crippen molar-refractivity contribution in [2.24, 2.45) is 0 Å². The first-order chi connectivity index (χ1) is 7.74.